The van der Waals surface area contributed by atoms with E-state index in [0.29, 0.717) is 17.9 Å². The van der Waals surface area contributed by atoms with Crippen molar-refractivity contribution < 1.29 is 23.7 Å². The molecule has 2 aromatic carbocycles. The Bertz CT molecular complexity index is 996. The number of ether oxygens (including phenoxy) is 1. The van der Waals surface area contributed by atoms with Crippen molar-refractivity contribution >= 4 is 23.3 Å². The molecule has 0 spiro atoms. The molecule has 148 valence electrons. The summed E-state index contributed by atoms with van der Waals surface area (Å²) >= 11 is 0. The summed E-state index contributed by atoms with van der Waals surface area (Å²) < 4.78 is 10.7. The van der Waals surface area contributed by atoms with Crippen molar-refractivity contribution in [3.05, 3.63) is 82.6 Å². The molecular weight excluding hydrogens is 376 g/mol. The lowest BCUT2D eigenvalue weighted by atomic mass is 10.2. The number of hydrogen-bond donors (Lipinski definition) is 1. The fraction of sp³-hybridized carbons (Fsp3) is 0.143. The Morgan fingerprint density at radius 1 is 1.00 bits per heavy atom. The molecule has 1 amide bonds. The molecule has 29 heavy (non-hydrogen) atoms. The minimum absolute atomic E-state index is 0.0759. The second-order valence-corrected chi connectivity index (χ2v) is 6.14. The molecule has 3 rings (SSSR count). The molecule has 8 nitrogen and oxygen atoms in total. The van der Waals surface area contributed by atoms with Gasteiger partial charge >= 0.3 is 5.97 Å². The monoisotopic (exact) mass is 394 g/mol. The van der Waals surface area contributed by atoms with Crippen molar-refractivity contribution in [1.82, 2.24) is 0 Å². The van der Waals surface area contributed by atoms with Crippen LogP contribution in [-0.2, 0) is 20.7 Å². The quantitative estimate of drug-likeness (QED) is 0.351. The number of benzene rings is 2. The lowest BCUT2D eigenvalue weighted by molar-refractivity contribution is -0.384. The van der Waals surface area contributed by atoms with Crippen molar-refractivity contribution in [3.63, 3.8) is 0 Å². The van der Waals surface area contributed by atoms with E-state index in [0.717, 1.165) is 11.3 Å². The van der Waals surface area contributed by atoms with E-state index in [1.807, 2.05) is 36.4 Å². The number of non-ortho nitro benzene ring substituents is 1. The number of carbonyl (C=O) groups excluding carboxylic acids is 2. The minimum Gasteiger partial charge on any atom is -0.461 e. The summed E-state index contributed by atoms with van der Waals surface area (Å²) in [4.78, 5) is 33.8. The van der Waals surface area contributed by atoms with Crippen LogP contribution < -0.4 is 5.32 Å². The van der Waals surface area contributed by atoms with Gasteiger partial charge in [-0.1, -0.05) is 30.3 Å². The fourth-order valence-electron chi connectivity index (χ4n) is 2.58. The predicted molar refractivity (Wildman–Crippen MR) is 105 cm³/mol. The van der Waals surface area contributed by atoms with Gasteiger partial charge in [-0.3, -0.25) is 19.7 Å². The van der Waals surface area contributed by atoms with Gasteiger partial charge in [0.2, 0.25) is 0 Å². The Labute approximate surface area is 166 Å². The van der Waals surface area contributed by atoms with Gasteiger partial charge in [-0.2, -0.15) is 0 Å². The number of aryl methyl sites for hydroxylation is 1. The molecule has 0 aliphatic rings. The summed E-state index contributed by atoms with van der Waals surface area (Å²) in [5, 5.41) is 13.1. The van der Waals surface area contributed by atoms with Gasteiger partial charge in [0.25, 0.3) is 11.6 Å². The maximum Gasteiger partial charge on any atom is 0.306 e. The minimum atomic E-state index is -0.533. The van der Waals surface area contributed by atoms with Gasteiger partial charge in [0, 0.05) is 29.8 Å². The highest BCUT2D eigenvalue weighted by molar-refractivity contribution is 5.92. The van der Waals surface area contributed by atoms with E-state index in [1.54, 1.807) is 6.07 Å². The van der Waals surface area contributed by atoms with E-state index in [2.05, 4.69) is 5.32 Å². The third-order valence-electron chi connectivity index (χ3n) is 4.02. The first-order valence-corrected chi connectivity index (χ1v) is 8.85. The normalized spacial score (nSPS) is 10.3. The van der Waals surface area contributed by atoms with Gasteiger partial charge in [-0.15, -0.1) is 0 Å². The number of nitro groups is 1. The van der Waals surface area contributed by atoms with Crippen LogP contribution in [0.15, 0.2) is 71.1 Å². The van der Waals surface area contributed by atoms with E-state index in [-0.39, 0.29) is 12.1 Å². The van der Waals surface area contributed by atoms with Crippen molar-refractivity contribution in [1.29, 1.82) is 0 Å². The molecule has 1 heterocycles. The lowest BCUT2D eigenvalue weighted by Crippen LogP contribution is -2.21. The van der Waals surface area contributed by atoms with Crippen molar-refractivity contribution in [2.75, 3.05) is 11.9 Å². The van der Waals surface area contributed by atoms with Crippen molar-refractivity contribution in [2.45, 2.75) is 12.8 Å². The summed E-state index contributed by atoms with van der Waals surface area (Å²) in [5.74, 6) is 0.311. The molecule has 0 atom stereocenters. The molecule has 0 fully saturated rings. The molecule has 0 aliphatic heterocycles. The Kier molecular flexibility index (Phi) is 6.36. The van der Waals surface area contributed by atoms with Gasteiger partial charge in [0.15, 0.2) is 6.61 Å². The number of nitrogens with zero attached hydrogens (tertiary/aromatic N) is 1. The van der Waals surface area contributed by atoms with Crippen LogP contribution >= 0.6 is 0 Å². The number of hydrogen-bond acceptors (Lipinski definition) is 6. The molecule has 1 N–H and O–H groups in total. The van der Waals surface area contributed by atoms with Crippen LogP contribution in [0.1, 0.15) is 12.2 Å². The molecule has 0 unspecified atom stereocenters. The van der Waals surface area contributed by atoms with E-state index in [9.17, 15) is 19.7 Å². The van der Waals surface area contributed by atoms with Crippen LogP contribution in [0, 0.1) is 10.1 Å². The van der Waals surface area contributed by atoms with Crippen LogP contribution in [0.5, 0.6) is 0 Å². The zero-order valence-electron chi connectivity index (χ0n) is 15.4. The van der Waals surface area contributed by atoms with Crippen LogP contribution in [0.3, 0.4) is 0 Å². The zero-order chi connectivity index (χ0) is 20.6. The van der Waals surface area contributed by atoms with E-state index in [1.165, 1.54) is 24.3 Å². The molecule has 3 aromatic rings. The standard InChI is InChI=1S/C21H18N2O6/c24-20(22-16-6-8-17(9-7-16)23(26)27)14-28-21(25)13-11-18-10-12-19(29-18)15-4-2-1-3-5-15/h1-10,12H,11,13-14H2,(H,22,24). The topological polar surface area (TPSA) is 112 Å². The first kappa shape index (κ1) is 19.8. The molecule has 0 aliphatic carbocycles. The maximum absolute atomic E-state index is 11.9. The summed E-state index contributed by atoms with van der Waals surface area (Å²) in [5.41, 5.74) is 1.24. The highest BCUT2D eigenvalue weighted by atomic mass is 16.6. The maximum atomic E-state index is 11.9. The Balaban J connectivity index is 1.41. The van der Waals surface area contributed by atoms with Gasteiger partial charge in [-0.25, -0.2) is 0 Å². The fourth-order valence-corrected chi connectivity index (χ4v) is 2.58. The summed E-state index contributed by atoms with van der Waals surface area (Å²) in [6.45, 7) is -0.441. The highest BCUT2D eigenvalue weighted by Gasteiger charge is 2.11. The van der Waals surface area contributed by atoms with E-state index in [4.69, 9.17) is 9.15 Å². The number of esters is 1. The summed E-state index contributed by atoms with van der Waals surface area (Å²) in [6.07, 6.45) is 0.433. The summed E-state index contributed by atoms with van der Waals surface area (Å²) in [7, 11) is 0. The SMILES string of the molecule is O=C(COC(=O)CCc1ccc(-c2ccccc2)o1)Nc1ccc([N+](=O)[O-])cc1. The third kappa shape index (κ3) is 5.77. The van der Waals surface area contributed by atoms with Crippen LogP contribution in [-0.4, -0.2) is 23.4 Å². The number of nitrogens with one attached hydrogen (secondary N) is 1. The number of amides is 1. The molecule has 0 bridgehead atoms. The lowest BCUT2D eigenvalue weighted by Gasteiger charge is -2.06. The number of rotatable bonds is 8. The Hall–Kier alpha value is -3.94. The zero-order valence-corrected chi connectivity index (χ0v) is 15.4. The second kappa shape index (κ2) is 9.32. The molecule has 1 aromatic heterocycles. The average molecular weight is 394 g/mol. The predicted octanol–water partition coefficient (Wildman–Crippen LogP) is 3.97. The highest BCUT2D eigenvalue weighted by Crippen LogP contribution is 2.22. The van der Waals surface area contributed by atoms with Gasteiger partial charge in [0.1, 0.15) is 11.5 Å². The second-order valence-electron chi connectivity index (χ2n) is 6.14. The van der Waals surface area contributed by atoms with Crippen LogP contribution in [0.4, 0.5) is 11.4 Å². The van der Waals surface area contributed by atoms with Gasteiger partial charge in [-0.05, 0) is 24.3 Å². The number of anilines is 1. The Morgan fingerprint density at radius 2 is 1.72 bits per heavy atom. The van der Waals surface area contributed by atoms with E-state index < -0.39 is 23.4 Å². The van der Waals surface area contributed by atoms with Gasteiger partial charge in [0.05, 0.1) is 11.3 Å². The molecular formula is C21H18N2O6. The average Bonchev–Trinajstić information content (AvgIpc) is 3.21. The smallest absolute Gasteiger partial charge is 0.306 e. The molecule has 0 saturated heterocycles. The van der Waals surface area contributed by atoms with Crippen LogP contribution in [0.2, 0.25) is 0 Å². The summed E-state index contributed by atoms with van der Waals surface area (Å²) in [6, 6.07) is 18.6. The number of nitro benzene ring substituents is 1. The Morgan fingerprint density at radius 3 is 2.41 bits per heavy atom. The van der Waals surface area contributed by atoms with Gasteiger partial charge < -0.3 is 14.5 Å². The molecule has 0 radical (unpaired) electrons. The molecule has 0 saturated carbocycles. The van der Waals surface area contributed by atoms with Crippen LogP contribution in [0.25, 0.3) is 11.3 Å². The largest absolute Gasteiger partial charge is 0.461 e. The molecule has 8 heteroatoms. The van der Waals surface area contributed by atoms with Crippen molar-refractivity contribution in [3.8, 4) is 11.3 Å². The first-order chi connectivity index (χ1) is 14.0. The number of furan rings is 1. The van der Waals surface area contributed by atoms with E-state index >= 15 is 0 Å². The first-order valence-electron chi connectivity index (χ1n) is 8.85. The van der Waals surface area contributed by atoms with Crippen molar-refractivity contribution in [2.24, 2.45) is 0 Å². The number of carbonyl (C=O) groups is 2. The third-order valence-corrected chi connectivity index (χ3v) is 4.02.